The van der Waals surface area contributed by atoms with Gasteiger partial charge in [0.1, 0.15) is 11.6 Å². The van der Waals surface area contributed by atoms with Gasteiger partial charge in [0.05, 0.1) is 13.2 Å². The zero-order valence-corrected chi connectivity index (χ0v) is 10.7. The molecular weight excluding hydrogens is 269 g/mol. The van der Waals surface area contributed by atoms with E-state index in [-0.39, 0.29) is 16.9 Å². The molecule has 2 rings (SSSR count). The first-order chi connectivity index (χ1) is 9.58. The fourth-order valence-corrected chi connectivity index (χ4v) is 1.99. The molecule has 6 heteroatoms. The summed E-state index contributed by atoms with van der Waals surface area (Å²) in [5, 5.41) is 0. The molecule has 0 bridgehead atoms. The van der Waals surface area contributed by atoms with E-state index >= 15 is 0 Å². The van der Waals surface area contributed by atoms with E-state index in [1.165, 1.54) is 25.3 Å². The Morgan fingerprint density at radius 3 is 2.45 bits per heavy atom. The largest absolute Gasteiger partial charge is 0.494 e. The number of methoxy groups -OCH3 is 1. The van der Waals surface area contributed by atoms with Gasteiger partial charge in [0.25, 0.3) is 0 Å². The number of rotatable bonds is 4. The van der Waals surface area contributed by atoms with Crippen molar-refractivity contribution in [2.24, 2.45) is 5.84 Å². The molecular formula is C14H13F3N2O. The zero-order valence-electron chi connectivity index (χ0n) is 10.7. The van der Waals surface area contributed by atoms with Crippen LogP contribution in [0.15, 0.2) is 36.4 Å². The van der Waals surface area contributed by atoms with Crippen LogP contribution in [0.1, 0.15) is 17.2 Å². The van der Waals surface area contributed by atoms with Crippen LogP contribution in [0.3, 0.4) is 0 Å². The highest BCUT2D eigenvalue weighted by atomic mass is 19.1. The van der Waals surface area contributed by atoms with Crippen molar-refractivity contribution in [3.63, 3.8) is 0 Å². The first kappa shape index (κ1) is 14.4. The Bertz CT molecular complexity index is 619. The molecule has 2 aromatic carbocycles. The molecule has 0 radical (unpaired) electrons. The molecule has 1 atom stereocenters. The summed E-state index contributed by atoms with van der Waals surface area (Å²) in [4.78, 5) is 0. The molecule has 0 spiro atoms. The lowest BCUT2D eigenvalue weighted by atomic mass is 9.98. The van der Waals surface area contributed by atoms with Crippen molar-refractivity contribution in [2.45, 2.75) is 6.04 Å². The monoisotopic (exact) mass is 282 g/mol. The molecule has 1 unspecified atom stereocenters. The Kier molecular flexibility index (Phi) is 4.26. The van der Waals surface area contributed by atoms with Gasteiger partial charge in [-0.25, -0.2) is 18.6 Å². The topological polar surface area (TPSA) is 47.3 Å². The Hall–Kier alpha value is -2.05. The average molecular weight is 282 g/mol. The summed E-state index contributed by atoms with van der Waals surface area (Å²) >= 11 is 0. The van der Waals surface area contributed by atoms with Gasteiger partial charge in [-0.1, -0.05) is 18.2 Å². The maximum atomic E-state index is 14.2. The molecule has 0 aliphatic heterocycles. The van der Waals surface area contributed by atoms with Crippen molar-refractivity contribution in [1.29, 1.82) is 0 Å². The summed E-state index contributed by atoms with van der Waals surface area (Å²) in [6, 6.07) is 6.51. The molecule has 0 saturated heterocycles. The van der Waals surface area contributed by atoms with E-state index in [4.69, 9.17) is 10.6 Å². The van der Waals surface area contributed by atoms with Crippen molar-refractivity contribution in [2.75, 3.05) is 7.11 Å². The summed E-state index contributed by atoms with van der Waals surface area (Å²) in [6.45, 7) is 0. The number of hydrazine groups is 1. The number of ether oxygens (including phenoxy) is 1. The smallest absolute Gasteiger partial charge is 0.170 e. The highest BCUT2D eigenvalue weighted by molar-refractivity contribution is 5.38. The van der Waals surface area contributed by atoms with Crippen LogP contribution < -0.4 is 16.0 Å². The highest BCUT2D eigenvalue weighted by Gasteiger charge is 2.22. The van der Waals surface area contributed by atoms with Crippen LogP contribution >= 0.6 is 0 Å². The number of halogens is 3. The normalized spacial score (nSPS) is 12.2. The molecule has 0 fully saturated rings. The van der Waals surface area contributed by atoms with Crippen molar-refractivity contribution in [1.82, 2.24) is 5.43 Å². The van der Waals surface area contributed by atoms with Crippen LogP contribution in [0.4, 0.5) is 13.2 Å². The predicted octanol–water partition coefficient (Wildman–Crippen LogP) is 2.67. The molecule has 0 heterocycles. The second-order valence-electron chi connectivity index (χ2n) is 4.13. The molecule has 20 heavy (non-hydrogen) atoms. The maximum Gasteiger partial charge on any atom is 0.170 e. The third kappa shape index (κ3) is 2.61. The summed E-state index contributed by atoms with van der Waals surface area (Å²) in [5.74, 6) is 3.23. The molecule has 3 nitrogen and oxygen atoms in total. The Morgan fingerprint density at radius 2 is 1.85 bits per heavy atom. The summed E-state index contributed by atoms with van der Waals surface area (Å²) in [7, 11) is 1.32. The van der Waals surface area contributed by atoms with Crippen LogP contribution in [0.2, 0.25) is 0 Å². The van der Waals surface area contributed by atoms with Crippen LogP contribution in [0.25, 0.3) is 0 Å². The average Bonchev–Trinajstić information content (AvgIpc) is 2.43. The fourth-order valence-electron chi connectivity index (χ4n) is 1.99. The molecule has 2 aromatic rings. The van der Waals surface area contributed by atoms with E-state index in [0.29, 0.717) is 0 Å². The maximum absolute atomic E-state index is 14.2. The van der Waals surface area contributed by atoms with Crippen LogP contribution in [-0.4, -0.2) is 7.11 Å². The highest BCUT2D eigenvalue weighted by Crippen LogP contribution is 2.30. The van der Waals surface area contributed by atoms with Crippen molar-refractivity contribution in [3.8, 4) is 5.75 Å². The van der Waals surface area contributed by atoms with Gasteiger partial charge in [-0.2, -0.15) is 0 Å². The number of nitrogens with two attached hydrogens (primary N) is 1. The predicted molar refractivity (Wildman–Crippen MR) is 68.5 cm³/mol. The Labute approximate surface area is 114 Å². The molecule has 0 amide bonds. The van der Waals surface area contributed by atoms with Gasteiger partial charge >= 0.3 is 0 Å². The van der Waals surface area contributed by atoms with E-state index in [9.17, 15) is 13.2 Å². The summed E-state index contributed by atoms with van der Waals surface area (Å²) in [6.07, 6.45) is 0. The molecule has 0 aromatic heterocycles. The second-order valence-corrected chi connectivity index (χ2v) is 4.13. The fraction of sp³-hybridized carbons (Fsp3) is 0.143. The lowest BCUT2D eigenvalue weighted by Gasteiger charge is -2.19. The van der Waals surface area contributed by atoms with E-state index in [1.807, 2.05) is 0 Å². The third-order valence-electron chi connectivity index (χ3n) is 2.96. The lowest BCUT2D eigenvalue weighted by Crippen LogP contribution is -2.30. The molecule has 3 N–H and O–H groups in total. The van der Waals surface area contributed by atoms with Gasteiger partial charge in [0.2, 0.25) is 0 Å². The van der Waals surface area contributed by atoms with E-state index < -0.39 is 23.5 Å². The number of hydrogen-bond acceptors (Lipinski definition) is 3. The Balaban J connectivity index is 2.52. The van der Waals surface area contributed by atoms with Crippen molar-refractivity contribution < 1.29 is 17.9 Å². The number of hydrogen-bond donors (Lipinski definition) is 2. The van der Waals surface area contributed by atoms with E-state index in [2.05, 4.69) is 5.43 Å². The molecule has 0 aliphatic rings. The first-order valence-corrected chi connectivity index (χ1v) is 5.82. The van der Waals surface area contributed by atoms with Gasteiger partial charge < -0.3 is 4.74 Å². The zero-order chi connectivity index (χ0) is 14.7. The minimum Gasteiger partial charge on any atom is -0.494 e. The quantitative estimate of drug-likeness (QED) is 0.669. The van der Waals surface area contributed by atoms with Crippen LogP contribution in [0.5, 0.6) is 5.75 Å². The van der Waals surface area contributed by atoms with Gasteiger partial charge in [0.15, 0.2) is 11.6 Å². The standard InChI is InChI=1S/C14H13F3N2O/c1-20-12-4-2-3-10(13(12)17)14(19-18)9-6-5-8(15)7-11(9)16/h2-7,14,19H,18H2,1H3. The van der Waals surface area contributed by atoms with Crippen LogP contribution in [0, 0.1) is 17.5 Å². The van der Waals surface area contributed by atoms with Crippen molar-refractivity contribution >= 4 is 0 Å². The SMILES string of the molecule is COc1cccc(C(NN)c2ccc(F)cc2F)c1F. The van der Waals surface area contributed by atoms with Crippen LogP contribution in [-0.2, 0) is 0 Å². The minimum absolute atomic E-state index is 0.0188. The number of benzene rings is 2. The van der Waals surface area contributed by atoms with E-state index in [0.717, 1.165) is 12.1 Å². The van der Waals surface area contributed by atoms with Crippen molar-refractivity contribution in [3.05, 3.63) is 65.0 Å². The lowest BCUT2D eigenvalue weighted by molar-refractivity contribution is 0.381. The summed E-state index contributed by atoms with van der Waals surface area (Å²) < 4.78 is 45.8. The first-order valence-electron chi connectivity index (χ1n) is 5.82. The molecule has 106 valence electrons. The molecule has 0 aliphatic carbocycles. The second kappa shape index (κ2) is 5.94. The minimum atomic E-state index is -0.953. The summed E-state index contributed by atoms with van der Waals surface area (Å²) in [5.41, 5.74) is 2.48. The Morgan fingerprint density at radius 1 is 1.10 bits per heavy atom. The third-order valence-corrected chi connectivity index (χ3v) is 2.96. The van der Waals surface area contributed by atoms with E-state index in [1.54, 1.807) is 6.07 Å². The van der Waals surface area contributed by atoms with Gasteiger partial charge in [-0.05, 0) is 12.1 Å². The van der Waals surface area contributed by atoms with Gasteiger partial charge in [-0.3, -0.25) is 5.84 Å². The van der Waals surface area contributed by atoms with Gasteiger partial charge in [0, 0.05) is 17.2 Å². The van der Waals surface area contributed by atoms with Gasteiger partial charge in [-0.15, -0.1) is 0 Å². The molecule has 0 saturated carbocycles. The number of nitrogens with one attached hydrogen (secondary N) is 1.